The summed E-state index contributed by atoms with van der Waals surface area (Å²) in [5.74, 6) is 0.0233. The van der Waals surface area contributed by atoms with Gasteiger partial charge in [-0.25, -0.2) is 4.39 Å². The third-order valence-electron chi connectivity index (χ3n) is 7.39. The van der Waals surface area contributed by atoms with Crippen LogP contribution in [0.25, 0.3) is 11.1 Å². The zero-order valence-electron chi connectivity index (χ0n) is 20.0. The number of anilines is 1. The molecule has 0 radical (unpaired) electrons. The summed E-state index contributed by atoms with van der Waals surface area (Å²) < 4.78 is 15.7. The molecule has 0 unspecified atom stereocenters. The van der Waals surface area contributed by atoms with Crippen LogP contribution in [0, 0.1) is 23.6 Å². The molecule has 4 atom stereocenters. The van der Waals surface area contributed by atoms with Crippen molar-refractivity contribution in [2.45, 2.75) is 25.9 Å². The summed E-state index contributed by atoms with van der Waals surface area (Å²) in [6.45, 7) is 2.63. The van der Waals surface area contributed by atoms with E-state index in [1.165, 1.54) is 0 Å². The fraction of sp³-hybridized carbons (Fsp3) is 0.300. The minimum Gasteiger partial charge on any atom is -0.378 e. The number of fused-ring (bicyclic) bond motifs is 1. The standard InChI is InChI=1S/C30H31FN2O/c1-20-8-7-11-26-28(20)30(34)33(19-21-9-5-4-6-10-21)29(26)25-17-14-23(18-27(25)31)22-12-15-24(16-13-22)32(2)3/h4-7,9-18,20,26,28-29H,8,19H2,1-3H3/t20-,26+,28+,29-/m0/s1. The number of benzene rings is 3. The van der Waals surface area contributed by atoms with Crippen molar-refractivity contribution in [3.05, 3.63) is 102 Å². The molecule has 0 aromatic heterocycles. The molecule has 1 amide bonds. The van der Waals surface area contributed by atoms with Gasteiger partial charge in [0.25, 0.3) is 0 Å². The van der Waals surface area contributed by atoms with Gasteiger partial charge in [0.15, 0.2) is 0 Å². The van der Waals surface area contributed by atoms with Crippen LogP contribution in [0.5, 0.6) is 0 Å². The third-order valence-corrected chi connectivity index (χ3v) is 7.39. The number of hydrogen-bond acceptors (Lipinski definition) is 2. The first-order valence-electron chi connectivity index (χ1n) is 12.0. The van der Waals surface area contributed by atoms with E-state index in [1.807, 2.05) is 90.6 Å². The molecule has 174 valence electrons. The summed E-state index contributed by atoms with van der Waals surface area (Å²) in [5, 5.41) is 0. The molecule has 0 bridgehead atoms. The molecule has 34 heavy (non-hydrogen) atoms. The molecule has 1 fully saturated rings. The molecule has 0 N–H and O–H groups in total. The quantitative estimate of drug-likeness (QED) is 0.413. The molecule has 1 aliphatic carbocycles. The SMILES string of the molecule is C[C@H]1CC=C[C@@H]2[C@@H]1C(=O)N(Cc1ccccc1)[C@H]2c1ccc(-c2ccc(N(C)C)cc2)cc1F. The largest absolute Gasteiger partial charge is 0.378 e. The van der Waals surface area contributed by atoms with E-state index in [2.05, 4.69) is 19.1 Å². The topological polar surface area (TPSA) is 23.6 Å². The van der Waals surface area contributed by atoms with Crippen LogP contribution in [0.1, 0.15) is 30.5 Å². The van der Waals surface area contributed by atoms with Gasteiger partial charge in [-0.2, -0.15) is 0 Å². The van der Waals surface area contributed by atoms with E-state index >= 15 is 4.39 Å². The Balaban J connectivity index is 1.52. The minimum atomic E-state index is -0.304. The van der Waals surface area contributed by atoms with Gasteiger partial charge < -0.3 is 9.80 Å². The predicted molar refractivity (Wildman–Crippen MR) is 136 cm³/mol. The maximum Gasteiger partial charge on any atom is 0.227 e. The first kappa shape index (κ1) is 22.4. The number of halogens is 1. The maximum atomic E-state index is 15.7. The Bertz CT molecular complexity index is 1200. The lowest BCUT2D eigenvalue weighted by Crippen LogP contribution is -2.31. The lowest BCUT2D eigenvalue weighted by Gasteiger charge is -2.30. The number of rotatable bonds is 5. The van der Waals surface area contributed by atoms with E-state index < -0.39 is 0 Å². The summed E-state index contributed by atoms with van der Waals surface area (Å²) in [4.78, 5) is 17.5. The van der Waals surface area contributed by atoms with Crippen LogP contribution < -0.4 is 4.90 Å². The Labute approximate surface area is 201 Å². The summed E-state index contributed by atoms with van der Waals surface area (Å²) >= 11 is 0. The molecule has 3 aromatic rings. The summed E-state index contributed by atoms with van der Waals surface area (Å²) in [6, 6.07) is 23.3. The van der Waals surface area contributed by atoms with Gasteiger partial charge in [-0.15, -0.1) is 0 Å². The molecule has 3 aromatic carbocycles. The monoisotopic (exact) mass is 454 g/mol. The van der Waals surface area contributed by atoms with Crippen molar-refractivity contribution in [2.24, 2.45) is 17.8 Å². The van der Waals surface area contributed by atoms with E-state index in [4.69, 9.17) is 0 Å². The molecule has 1 heterocycles. The Hall–Kier alpha value is -3.40. The number of likely N-dealkylation sites (tertiary alicyclic amines) is 1. The summed E-state index contributed by atoms with van der Waals surface area (Å²) in [6.07, 6.45) is 5.20. The van der Waals surface area contributed by atoms with Crippen LogP contribution in [0.3, 0.4) is 0 Å². The Morgan fingerprint density at radius 3 is 2.35 bits per heavy atom. The number of allylic oxidation sites excluding steroid dienone is 1. The molecule has 1 aliphatic heterocycles. The molecule has 1 saturated heterocycles. The fourth-order valence-corrected chi connectivity index (χ4v) is 5.57. The van der Waals surface area contributed by atoms with E-state index in [0.29, 0.717) is 12.1 Å². The lowest BCUT2D eigenvalue weighted by molar-refractivity contribution is -0.134. The van der Waals surface area contributed by atoms with Crippen LogP contribution in [0.15, 0.2) is 84.9 Å². The number of hydrogen-bond donors (Lipinski definition) is 0. The van der Waals surface area contributed by atoms with E-state index in [9.17, 15) is 4.79 Å². The molecule has 5 rings (SSSR count). The number of carbonyl (C=O) groups excluding carboxylic acids is 1. The first-order valence-corrected chi connectivity index (χ1v) is 12.0. The second kappa shape index (κ2) is 9.09. The van der Waals surface area contributed by atoms with Crippen LogP contribution in [-0.2, 0) is 11.3 Å². The highest BCUT2D eigenvalue weighted by molar-refractivity contribution is 5.83. The van der Waals surface area contributed by atoms with Gasteiger partial charge in [0.1, 0.15) is 5.82 Å². The van der Waals surface area contributed by atoms with Crippen LogP contribution in [0.2, 0.25) is 0 Å². The summed E-state index contributed by atoms with van der Waals surface area (Å²) in [7, 11) is 4.00. The number of carbonyl (C=O) groups is 1. The van der Waals surface area contributed by atoms with E-state index in [0.717, 1.165) is 28.8 Å². The van der Waals surface area contributed by atoms with Gasteiger partial charge >= 0.3 is 0 Å². The van der Waals surface area contributed by atoms with Gasteiger partial charge in [0, 0.05) is 43.7 Å². The highest BCUT2D eigenvalue weighted by atomic mass is 19.1. The van der Waals surface area contributed by atoms with Gasteiger partial charge in [0.05, 0.1) is 6.04 Å². The fourth-order valence-electron chi connectivity index (χ4n) is 5.57. The zero-order chi connectivity index (χ0) is 23.8. The minimum absolute atomic E-state index is 0.0142. The van der Waals surface area contributed by atoms with Crippen molar-refractivity contribution in [1.82, 2.24) is 4.90 Å². The zero-order valence-corrected chi connectivity index (χ0v) is 20.0. The van der Waals surface area contributed by atoms with Crippen LogP contribution in [-0.4, -0.2) is 24.9 Å². The summed E-state index contributed by atoms with van der Waals surface area (Å²) in [5.41, 5.74) is 4.59. The molecule has 3 nitrogen and oxygen atoms in total. The van der Waals surface area contributed by atoms with Crippen LogP contribution in [0.4, 0.5) is 10.1 Å². The second-order valence-corrected chi connectivity index (χ2v) is 9.82. The van der Waals surface area contributed by atoms with Crippen molar-refractivity contribution in [2.75, 3.05) is 19.0 Å². The number of nitrogens with zero attached hydrogens (tertiary/aromatic N) is 2. The Morgan fingerprint density at radius 1 is 0.971 bits per heavy atom. The highest BCUT2D eigenvalue weighted by Crippen LogP contribution is 2.49. The highest BCUT2D eigenvalue weighted by Gasteiger charge is 2.50. The molecule has 4 heteroatoms. The molecular formula is C30H31FN2O. The van der Waals surface area contributed by atoms with Gasteiger partial charge in [-0.3, -0.25) is 4.79 Å². The van der Waals surface area contributed by atoms with Crippen molar-refractivity contribution in [1.29, 1.82) is 0 Å². The number of amides is 1. The molecule has 0 saturated carbocycles. The van der Waals surface area contributed by atoms with Crippen LogP contribution >= 0.6 is 0 Å². The van der Waals surface area contributed by atoms with Gasteiger partial charge in [-0.05, 0) is 47.2 Å². The van der Waals surface area contributed by atoms with Gasteiger partial charge in [0.2, 0.25) is 5.91 Å². The lowest BCUT2D eigenvalue weighted by atomic mass is 9.75. The van der Waals surface area contributed by atoms with Crippen molar-refractivity contribution >= 4 is 11.6 Å². The normalized spacial score (nSPS) is 23.8. The third kappa shape index (κ3) is 4.02. The predicted octanol–water partition coefficient (Wildman–Crippen LogP) is 6.47. The molecule has 0 spiro atoms. The first-order chi connectivity index (χ1) is 16.4. The molecular weight excluding hydrogens is 423 g/mol. The van der Waals surface area contributed by atoms with Crippen molar-refractivity contribution in [3.8, 4) is 11.1 Å². The second-order valence-electron chi connectivity index (χ2n) is 9.82. The smallest absolute Gasteiger partial charge is 0.227 e. The van der Waals surface area contributed by atoms with E-state index in [-0.39, 0.29) is 35.5 Å². The Kier molecular flexibility index (Phi) is 5.99. The molecule has 2 aliphatic rings. The average molecular weight is 455 g/mol. The maximum absolute atomic E-state index is 15.7. The Morgan fingerprint density at radius 2 is 1.68 bits per heavy atom. The van der Waals surface area contributed by atoms with E-state index in [1.54, 1.807) is 6.07 Å². The van der Waals surface area contributed by atoms with Gasteiger partial charge in [-0.1, -0.05) is 73.7 Å². The van der Waals surface area contributed by atoms with Crippen molar-refractivity contribution < 1.29 is 9.18 Å². The average Bonchev–Trinajstić information content (AvgIpc) is 3.12. The van der Waals surface area contributed by atoms with Crippen molar-refractivity contribution in [3.63, 3.8) is 0 Å².